The van der Waals surface area contributed by atoms with E-state index in [4.69, 9.17) is 9.15 Å². The molecule has 0 aliphatic heterocycles. The van der Waals surface area contributed by atoms with Crippen LogP contribution in [-0.4, -0.2) is 18.3 Å². The largest absolute Gasteiger partial charge is 0.505 e. The molecule has 0 amide bonds. The summed E-state index contributed by atoms with van der Waals surface area (Å²) in [4.78, 5) is 0. The standard InChI is InChI=1S/C15H18FNO3/c16-14-6-1-4-12(15(14)18)10-17-7-3-8-19-11-13-5-2-9-20-13/h1-2,4-6,9,17-18H,3,7-8,10-11H2. The number of hydrogen-bond donors (Lipinski definition) is 2. The number of hydrogen-bond acceptors (Lipinski definition) is 4. The molecule has 20 heavy (non-hydrogen) atoms. The molecule has 108 valence electrons. The van der Waals surface area contributed by atoms with Gasteiger partial charge in [-0.3, -0.25) is 0 Å². The van der Waals surface area contributed by atoms with Crippen LogP contribution in [0, 0.1) is 5.82 Å². The number of nitrogens with one attached hydrogen (secondary N) is 1. The highest BCUT2D eigenvalue weighted by molar-refractivity contribution is 5.33. The van der Waals surface area contributed by atoms with Gasteiger partial charge in [0.05, 0.1) is 6.26 Å². The van der Waals surface area contributed by atoms with Gasteiger partial charge in [0.1, 0.15) is 12.4 Å². The first-order chi connectivity index (χ1) is 9.77. The van der Waals surface area contributed by atoms with Crippen LogP contribution < -0.4 is 5.32 Å². The Kier molecular flexibility index (Phi) is 5.58. The summed E-state index contributed by atoms with van der Waals surface area (Å²) in [7, 11) is 0. The molecule has 0 fully saturated rings. The molecule has 5 heteroatoms. The zero-order valence-electron chi connectivity index (χ0n) is 11.1. The van der Waals surface area contributed by atoms with Gasteiger partial charge in [0.2, 0.25) is 0 Å². The van der Waals surface area contributed by atoms with Gasteiger partial charge in [-0.2, -0.15) is 0 Å². The predicted molar refractivity (Wildman–Crippen MR) is 72.8 cm³/mol. The lowest BCUT2D eigenvalue weighted by Gasteiger charge is -2.07. The van der Waals surface area contributed by atoms with Crippen molar-refractivity contribution in [1.82, 2.24) is 5.32 Å². The van der Waals surface area contributed by atoms with E-state index in [1.165, 1.54) is 6.07 Å². The summed E-state index contributed by atoms with van der Waals surface area (Å²) in [5.74, 6) is -0.0669. The lowest BCUT2D eigenvalue weighted by Crippen LogP contribution is -2.16. The van der Waals surface area contributed by atoms with Gasteiger partial charge in [-0.05, 0) is 31.2 Å². The number of phenolic OH excluding ortho intramolecular Hbond substituents is 1. The molecule has 0 saturated heterocycles. The van der Waals surface area contributed by atoms with Crippen molar-refractivity contribution in [3.63, 3.8) is 0 Å². The summed E-state index contributed by atoms with van der Waals surface area (Å²) in [6, 6.07) is 8.20. The Hall–Kier alpha value is -1.85. The van der Waals surface area contributed by atoms with Gasteiger partial charge in [-0.1, -0.05) is 12.1 Å². The molecule has 0 aliphatic carbocycles. The van der Waals surface area contributed by atoms with Crippen LogP contribution in [-0.2, 0) is 17.9 Å². The molecular formula is C15H18FNO3. The van der Waals surface area contributed by atoms with Crippen molar-refractivity contribution < 1.29 is 18.7 Å². The summed E-state index contributed by atoms with van der Waals surface area (Å²) in [5, 5.41) is 12.6. The van der Waals surface area contributed by atoms with Crippen molar-refractivity contribution in [3.05, 3.63) is 53.7 Å². The summed E-state index contributed by atoms with van der Waals surface area (Å²) in [6.07, 6.45) is 2.45. The van der Waals surface area contributed by atoms with E-state index in [2.05, 4.69) is 5.32 Å². The van der Waals surface area contributed by atoms with Gasteiger partial charge in [0.25, 0.3) is 0 Å². The minimum Gasteiger partial charge on any atom is -0.505 e. The highest BCUT2D eigenvalue weighted by atomic mass is 19.1. The molecule has 1 aromatic carbocycles. The van der Waals surface area contributed by atoms with Crippen molar-refractivity contribution in [1.29, 1.82) is 0 Å². The molecule has 0 spiro atoms. The number of aromatic hydroxyl groups is 1. The molecule has 0 aliphatic rings. The molecular weight excluding hydrogens is 261 g/mol. The number of rotatable bonds is 8. The molecule has 1 heterocycles. The number of ether oxygens (including phenoxy) is 1. The summed E-state index contributed by atoms with van der Waals surface area (Å²) in [5.41, 5.74) is 0.557. The van der Waals surface area contributed by atoms with Crippen molar-refractivity contribution >= 4 is 0 Å². The number of halogens is 1. The Labute approximate surface area is 117 Å². The molecule has 1 aromatic heterocycles. The maximum atomic E-state index is 13.1. The third kappa shape index (κ3) is 4.36. The van der Waals surface area contributed by atoms with E-state index in [1.807, 2.05) is 12.1 Å². The zero-order valence-corrected chi connectivity index (χ0v) is 11.1. The number of furan rings is 1. The second-order valence-electron chi connectivity index (χ2n) is 4.41. The molecule has 2 rings (SSSR count). The van der Waals surface area contributed by atoms with Crippen LogP contribution in [0.2, 0.25) is 0 Å². The molecule has 0 atom stereocenters. The first-order valence-corrected chi connectivity index (χ1v) is 6.54. The fourth-order valence-corrected chi connectivity index (χ4v) is 1.79. The molecule has 0 unspecified atom stereocenters. The summed E-state index contributed by atoms with van der Waals surface area (Å²) in [6.45, 7) is 2.25. The predicted octanol–water partition coefficient (Wildman–Crippen LogP) is 2.82. The smallest absolute Gasteiger partial charge is 0.165 e. The first kappa shape index (κ1) is 14.6. The van der Waals surface area contributed by atoms with E-state index in [9.17, 15) is 9.50 Å². The number of para-hydroxylation sites is 1. The van der Waals surface area contributed by atoms with Gasteiger partial charge in [-0.15, -0.1) is 0 Å². The number of benzene rings is 1. The van der Waals surface area contributed by atoms with Crippen LogP contribution in [0.5, 0.6) is 5.75 Å². The minimum absolute atomic E-state index is 0.283. The van der Waals surface area contributed by atoms with Crippen molar-refractivity contribution in [2.75, 3.05) is 13.2 Å². The van der Waals surface area contributed by atoms with E-state index in [0.29, 0.717) is 25.3 Å². The lowest BCUT2D eigenvalue weighted by molar-refractivity contribution is 0.104. The Balaban J connectivity index is 1.56. The van der Waals surface area contributed by atoms with Gasteiger partial charge >= 0.3 is 0 Å². The topological polar surface area (TPSA) is 54.6 Å². The second-order valence-corrected chi connectivity index (χ2v) is 4.41. The van der Waals surface area contributed by atoms with E-state index in [0.717, 1.165) is 18.7 Å². The quantitative estimate of drug-likeness (QED) is 0.730. The maximum Gasteiger partial charge on any atom is 0.165 e. The van der Waals surface area contributed by atoms with Crippen molar-refractivity contribution in [2.24, 2.45) is 0 Å². The average Bonchev–Trinajstić information content (AvgIpc) is 2.95. The van der Waals surface area contributed by atoms with Gasteiger partial charge in [-0.25, -0.2) is 4.39 Å². The fraction of sp³-hybridized carbons (Fsp3) is 0.333. The number of phenols is 1. The third-order valence-corrected chi connectivity index (χ3v) is 2.85. The Morgan fingerprint density at radius 3 is 2.95 bits per heavy atom. The van der Waals surface area contributed by atoms with E-state index in [-0.39, 0.29) is 5.75 Å². The Morgan fingerprint density at radius 2 is 2.15 bits per heavy atom. The minimum atomic E-state index is -0.592. The van der Waals surface area contributed by atoms with Crippen molar-refractivity contribution in [2.45, 2.75) is 19.6 Å². The van der Waals surface area contributed by atoms with E-state index < -0.39 is 5.82 Å². The average molecular weight is 279 g/mol. The molecule has 4 nitrogen and oxygen atoms in total. The van der Waals surface area contributed by atoms with Gasteiger partial charge in [0.15, 0.2) is 11.6 Å². The zero-order chi connectivity index (χ0) is 14.2. The molecule has 0 saturated carbocycles. The SMILES string of the molecule is Oc1c(F)cccc1CNCCCOCc1ccco1. The monoisotopic (exact) mass is 279 g/mol. The summed E-state index contributed by atoms with van der Waals surface area (Å²) < 4.78 is 23.7. The highest BCUT2D eigenvalue weighted by Gasteiger charge is 2.05. The maximum absolute atomic E-state index is 13.1. The van der Waals surface area contributed by atoms with Gasteiger partial charge in [0, 0.05) is 18.7 Å². The van der Waals surface area contributed by atoms with Crippen LogP contribution in [0.1, 0.15) is 17.7 Å². The molecule has 2 aromatic rings. The highest BCUT2D eigenvalue weighted by Crippen LogP contribution is 2.20. The third-order valence-electron chi connectivity index (χ3n) is 2.85. The van der Waals surface area contributed by atoms with E-state index >= 15 is 0 Å². The van der Waals surface area contributed by atoms with Gasteiger partial charge < -0.3 is 19.6 Å². The van der Waals surface area contributed by atoms with Crippen LogP contribution in [0.4, 0.5) is 4.39 Å². The molecule has 2 N–H and O–H groups in total. The Morgan fingerprint density at radius 1 is 1.25 bits per heavy atom. The van der Waals surface area contributed by atoms with E-state index in [1.54, 1.807) is 18.4 Å². The van der Waals surface area contributed by atoms with Crippen molar-refractivity contribution in [3.8, 4) is 5.75 Å². The summed E-state index contributed by atoms with van der Waals surface area (Å²) >= 11 is 0. The molecule has 0 radical (unpaired) electrons. The fourth-order valence-electron chi connectivity index (χ4n) is 1.79. The first-order valence-electron chi connectivity index (χ1n) is 6.54. The van der Waals surface area contributed by atoms with Crippen LogP contribution in [0.15, 0.2) is 41.0 Å². The second kappa shape index (κ2) is 7.67. The molecule has 0 bridgehead atoms. The normalized spacial score (nSPS) is 10.8. The lowest BCUT2D eigenvalue weighted by atomic mass is 10.2. The van der Waals surface area contributed by atoms with Crippen LogP contribution >= 0.6 is 0 Å². The van der Waals surface area contributed by atoms with Crippen LogP contribution in [0.25, 0.3) is 0 Å². The van der Waals surface area contributed by atoms with Crippen LogP contribution in [0.3, 0.4) is 0 Å². The Bertz CT molecular complexity index is 514.